The third kappa shape index (κ3) is 5.04. The van der Waals surface area contributed by atoms with E-state index in [0.29, 0.717) is 13.2 Å². The van der Waals surface area contributed by atoms with E-state index < -0.39 is 0 Å². The first-order valence-corrected chi connectivity index (χ1v) is 9.43. The molecule has 2 aromatic carbocycles. The summed E-state index contributed by atoms with van der Waals surface area (Å²) >= 11 is 0. The van der Waals surface area contributed by atoms with E-state index >= 15 is 0 Å². The van der Waals surface area contributed by atoms with Crippen LogP contribution in [0.2, 0.25) is 0 Å². The van der Waals surface area contributed by atoms with Gasteiger partial charge < -0.3 is 14.8 Å². The molecule has 0 saturated carbocycles. The predicted octanol–water partition coefficient (Wildman–Crippen LogP) is 5.83. The van der Waals surface area contributed by atoms with Crippen LogP contribution < -0.4 is 14.8 Å². The fourth-order valence-electron chi connectivity index (χ4n) is 2.90. The van der Waals surface area contributed by atoms with Crippen molar-refractivity contribution < 1.29 is 9.47 Å². The summed E-state index contributed by atoms with van der Waals surface area (Å²) in [7, 11) is 0. The van der Waals surface area contributed by atoms with Gasteiger partial charge in [0.15, 0.2) is 11.5 Å². The van der Waals surface area contributed by atoms with Gasteiger partial charge in [-0.2, -0.15) is 0 Å². The number of anilines is 1. The first kappa shape index (κ1) is 19.9. The summed E-state index contributed by atoms with van der Waals surface area (Å²) in [5.41, 5.74) is 6.04. The molecule has 0 aromatic heterocycles. The minimum Gasteiger partial charge on any atom is -0.490 e. The first-order chi connectivity index (χ1) is 12.6. The third-order valence-electron chi connectivity index (χ3n) is 4.39. The Morgan fingerprint density at radius 3 is 2.62 bits per heavy atom. The van der Waals surface area contributed by atoms with Crippen LogP contribution >= 0.6 is 0 Å². The summed E-state index contributed by atoms with van der Waals surface area (Å²) in [6.45, 7) is 14.3. The molecule has 1 N–H and O–H groups in total. The average Bonchev–Trinajstić information content (AvgIpc) is 2.63. The van der Waals surface area contributed by atoms with Crippen molar-refractivity contribution in [3.8, 4) is 11.5 Å². The van der Waals surface area contributed by atoms with Crippen molar-refractivity contribution in [2.75, 3.05) is 18.5 Å². The Morgan fingerprint density at radius 2 is 1.92 bits per heavy atom. The van der Waals surface area contributed by atoms with Crippen molar-refractivity contribution >= 4 is 5.69 Å². The molecule has 140 valence electrons. The molecule has 3 nitrogen and oxygen atoms in total. The van der Waals surface area contributed by atoms with Crippen LogP contribution in [0.25, 0.3) is 0 Å². The maximum absolute atomic E-state index is 5.98. The van der Waals surface area contributed by atoms with Gasteiger partial charge in [0.2, 0.25) is 0 Å². The monoisotopic (exact) mass is 353 g/mol. The Labute approximate surface area is 158 Å². The molecule has 0 radical (unpaired) electrons. The van der Waals surface area contributed by atoms with Crippen molar-refractivity contribution in [3.05, 3.63) is 65.2 Å². The van der Waals surface area contributed by atoms with Gasteiger partial charge in [0.05, 0.1) is 13.2 Å². The Hall–Kier alpha value is -2.42. The third-order valence-corrected chi connectivity index (χ3v) is 4.39. The van der Waals surface area contributed by atoms with Crippen LogP contribution in [-0.4, -0.2) is 13.2 Å². The molecule has 0 heterocycles. The van der Waals surface area contributed by atoms with E-state index in [9.17, 15) is 0 Å². The van der Waals surface area contributed by atoms with Crippen LogP contribution in [0.1, 0.15) is 42.5 Å². The number of benzene rings is 2. The summed E-state index contributed by atoms with van der Waals surface area (Å²) in [4.78, 5) is 0. The molecule has 2 aromatic rings. The molecule has 0 spiro atoms. The van der Waals surface area contributed by atoms with Crippen LogP contribution in [0.15, 0.2) is 43.0 Å². The number of hydrogen-bond donors (Lipinski definition) is 1. The second-order valence-corrected chi connectivity index (χ2v) is 6.46. The highest BCUT2D eigenvalue weighted by atomic mass is 16.5. The number of ether oxygens (including phenoxy) is 2. The van der Waals surface area contributed by atoms with Gasteiger partial charge in [-0.25, -0.2) is 0 Å². The standard InChI is InChI=1S/C23H31NO2/c1-6-10-20-14-19(15-22(25-8-3)23(20)26-13-7-2)16-24-21-12-9-11-17(4)18(21)5/h6,9,11-12,14-15,24H,1,7-8,10,13,16H2,2-5H3. The van der Waals surface area contributed by atoms with Gasteiger partial charge in [0, 0.05) is 17.8 Å². The summed E-state index contributed by atoms with van der Waals surface area (Å²) in [6, 6.07) is 10.6. The fourth-order valence-corrected chi connectivity index (χ4v) is 2.90. The minimum absolute atomic E-state index is 0.615. The summed E-state index contributed by atoms with van der Waals surface area (Å²) in [5, 5.41) is 3.55. The van der Waals surface area contributed by atoms with Gasteiger partial charge >= 0.3 is 0 Å². The van der Waals surface area contributed by atoms with E-state index in [0.717, 1.165) is 36.4 Å². The van der Waals surface area contributed by atoms with Crippen LogP contribution in [0, 0.1) is 13.8 Å². The number of nitrogens with one attached hydrogen (secondary N) is 1. The molecule has 26 heavy (non-hydrogen) atoms. The van der Waals surface area contributed by atoms with Crippen molar-refractivity contribution in [1.82, 2.24) is 0 Å². The lowest BCUT2D eigenvalue weighted by Gasteiger charge is -2.18. The van der Waals surface area contributed by atoms with Gasteiger partial charge in [0.1, 0.15) is 0 Å². The number of aryl methyl sites for hydroxylation is 1. The lowest BCUT2D eigenvalue weighted by Crippen LogP contribution is -2.07. The van der Waals surface area contributed by atoms with Gasteiger partial charge in [-0.15, -0.1) is 6.58 Å². The molecule has 0 aliphatic carbocycles. The quantitative estimate of drug-likeness (QED) is 0.545. The van der Waals surface area contributed by atoms with E-state index in [4.69, 9.17) is 9.47 Å². The fraction of sp³-hybridized carbons (Fsp3) is 0.391. The maximum atomic E-state index is 5.98. The molecule has 0 aliphatic heterocycles. The largest absolute Gasteiger partial charge is 0.490 e. The van der Waals surface area contributed by atoms with Crippen molar-refractivity contribution in [3.63, 3.8) is 0 Å². The highest BCUT2D eigenvalue weighted by Gasteiger charge is 2.13. The second kappa shape index (κ2) is 9.91. The summed E-state index contributed by atoms with van der Waals surface area (Å²) in [6.07, 6.45) is 3.64. The average molecular weight is 354 g/mol. The maximum Gasteiger partial charge on any atom is 0.164 e. The molecule has 0 saturated heterocycles. The molecule has 2 rings (SSSR count). The van der Waals surface area contributed by atoms with Gasteiger partial charge in [-0.1, -0.05) is 25.1 Å². The second-order valence-electron chi connectivity index (χ2n) is 6.46. The Morgan fingerprint density at radius 1 is 1.12 bits per heavy atom. The van der Waals surface area contributed by atoms with E-state index in [1.165, 1.54) is 22.4 Å². The molecule has 0 fully saturated rings. The summed E-state index contributed by atoms with van der Waals surface area (Å²) in [5.74, 6) is 1.67. The number of allylic oxidation sites excluding steroid dienone is 1. The van der Waals surface area contributed by atoms with Gasteiger partial charge in [-0.3, -0.25) is 0 Å². The molecule has 3 heteroatoms. The van der Waals surface area contributed by atoms with E-state index in [-0.39, 0.29) is 0 Å². The Kier molecular flexibility index (Phi) is 7.58. The Balaban J connectivity index is 2.29. The van der Waals surface area contributed by atoms with E-state index in [1.54, 1.807) is 0 Å². The molecule has 0 aliphatic rings. The lowest BCUT2D eigenvalue weighted by atomic mass is 10.0. The van der Waals surface area contributed by atoms with Gasteiger partial charge in [-0.05, 0) is 68.5 Å². The first-order valence-electron chi connectivity index (χ1n) is 9.43. The van der Waals surface area contributed by atoms with Crippen LogP contribution in [0.5, 0.6) is 11.5 Å². The molecular weight excluding hydrogens is 322 g/mol. The molecule has 0 unspecified atom stereocenters. The number of rotatable bonds is 10. The predicted molar refractivity (Wildman–Crippen MR) is 111 cm³/mol. The zero-order chi connectivity index (χ0) is 18.9. The topological polar surface area (TPSA) is 30.5 Å². The Bertz CT molecular complexity index is 737. The molecule has 0 amide bonds. The molecular formula is C23H31NO2. The van der Waals surface area contributed by atoms with Crippen LogP contribution in [-0.2, 0) is 13.0 Å². The SMILES string of the molecule is C=CCc1cc(CNc2cccc(C)c2C)cc(OCC)c1OCCC. The van der Waals surface area contributed by atoms with Crippen LogP contribution in [0.4, 0.5) is 5.69 Å². The van der Waals surface area contributed by atoms with Crippen LogP contribution in [0.3, 0.4) is 0 Å². The molecule has 0 atom stereocenters. The van der Waals surface area contributed by atoms with E-state index in [2.05, 4.69) is 63.0 Å². The van der Waals surface area contributed by atoms with E-state index in [1.807, 2.05) is 13.0 Å². The lowest BCUT2D eigenvalue weighted by molar-refractivity contribution is 0.274. The van der Waals surface area contributed by atoms with Crippen molar-refractivity contribution in [2.45, 2.75) is 47.1 Å². The van der Waals surface area contributed by atoms with Crippen molar-refractivity contribution in [2.24, 2.45) is 0 Å². The highest BCUT2D eigenvalue weighted by Crippen LogP contribution is 2.34. The molecule has 0 bridgehead atoms. The smallest absolute Gasteiger partial charge is 0.164 e. The highest BCUT2D eigenvalue weighted by molar-refractivity contribution is 5.55. The number of hydrogen-bond acceptors (Lipinski definition) is 3. The normalized spacial score (nSPS) is 10.5. The minimum atomic E-state index is 0.615. The summed E-state index contributed by atoms with van der Waals surface area (Å²) < 4.78 is 11.9. The van der Waals surface area contributed by atoms with Gasteiger partial charge in [0.25, 0.3) is 0 Å². The zero-order valence-corrected chi connectivity index (χ0v) is 16.5. The zero-order valence-electron chi connectivity index (χ0n) is 16.5. The van der Waals surface area contributed by atoms with Crippen molar-refractivity contribution in [1.29, 1.82) is 0 Å².